The predicted molar refractivity (Wildman–Crippen MR) is 109 cm³/mol. The Morgan fingerprint density at radius 3 is 2.22 bits per heavy atom. The third-order valence-electron chi connectivity index (χ3n) is 4.92. The first-order valence-electron chi connectivity index (χ1n) is 9.98. The summed E-state index contributed by atoms with van der Waals surface area (Å²) in [4.78, 5) is 16.0. The maximum Gasteiger partial charge on any atom is 0.446 e. The Morgan fingerprint density at radius 2 is 1.62 bits per heavy atom. The second-order valence-electron chi connectivity index (χ2n) is 7.27. The van der Waals surface area contributed by atoms with Gasteiger partial charge in [0.1, 0.15) is 11.6 Å². The lowest BCUT2D eigenvalue weighted by Crippen LogP contribution is -2.21. The number of carbonyl (C=O) groups excluding carboxylic acids is 1. The highest BCUT2D eigenvalue weighted by Gasteiger charge is 2.25. The molecule has 0 N–H and O–H groups in total. The largest absolute Gasteiger partial charge is 0.446 e. The lowest BCUT2D eigenvalue weighted by atomic mass is 10.2. The molecule has 0 aliphatic carbocycles. The third kappa shape index (κ3) is 6.74. The van der Waals surface area contributed by atoms with E-state index in [1.54, 1.807) is 12.1 Å². The van der Waals surface area contributed by atoms with Crippen LogP contribution >= 0.6 is 0 Å². The molecule has 0 atom stereocenters. The van der Waals surface area contributed by atoms with E-state index in [9.17, 15) is 22.0 Å². The van der Waals surface area contributed by atoms with Crippen molar-refractivity contribution < 1.29 is 31.5 Å². The van der Waals surface area contributed by atoms with Crippen molar-refractivity contribution in [1.82, 2.24) is 14.5 Å². The second-order valence-corrected chi connectivity index (χ2v) is 7.27. The first-order chi connectivity index (χ1) is 15.2. The van der Waals surface area contributed by atoms with Crippen LogP contribution in [0.3, 0.4) is 0 Å². The number of nitrogens with zero attached hydrogens (tertiary/aromatic N) is 3. The van der Waals surface area contributed by atoms with Crippen molar-refractivity contribution in [2.75, 3.05) is 13.1 Å². The van der Waals surface area contributed by atoms with Gasteiger partial charge in [-0.05, 0) is 55.8 Å². The molecule has 3 aromatic rings. The topological polar surface area (TPSA) is 47.4 Å². The van der Waals surface area contributed by atoms with Crippen LogP contribution in [0.25, 0.3) is 11.0 Å². The summed E-state index contributed by atoms with van der Waals surface area (Å²) in [6.45, 7) is 0.913. The number of alkyl halides is 5. The molecular weight excluding hydrogens is 433 g/mol. The number of likely N-dealkylation sites (tertiary alicyclic amines) is 1. The predicted octanol–water partition coefficient (Wildman–Crippen LogP) is 5.03. The van der Waals surface area contributed by atoms with Crippen molar-refractivity contribution in [2.24, 2.45) is 0 Å². The molecular formula is C22H22F5N3O2. The highest BCUT2D eigenvalue weighted by atomic mass is 19.4. The number of imidazole rings is 1. The fourth-order valence-electron chi connectivity index (χ4n) is 3.52. The van der Waals surface area contributed by atoms with E-state index in [0.717, 1.165) is 42.1 Å². The molecule has 1 aliphatic rings. The number of aldehydes is 1. The summed E-state index contributed by atoms with van der Waals surface area (Å²) in [7, 11) is 0. The molecule has 1 saturated heterocycles. The van der Waals surface area contributed by atoms with Gasteiger partial charge in [0, 0.05) is 6.54 Å². The zero-order valence-corrected chi connectivity index (χ0v) is 17.1. The summed E-state index contributed by atoms with van der Waals surface area (Å²) < 4.78 is 62.5. The van der Waals surface area contributed by atoms with E-state index in [1.165, 1.54) is 12.8 Å². The van der Waals surface area contributed by atoms with Gasteiger partial charge >= 0.3 is 12.8 Å². The van der Waals surface area contributed by atoms with Gasteiger partial charge in [-0.2, -0.15) is 22.0 Å². The molecule has 0 spiro atoms. The van der Waals surface area contributed by atoms with Gasteiger partial charge in [0.2, 0.25) is 6.29 Å². The van der Waals surface area contributed by atoms with Crippen LogP contribution in [-0.2, 0) is 17.9 Å². The van der Waals surface area contributed by atoms with Crippen LogP contribution in [0.2, 0.25) is 0 Å². The molecule has 0 bridgehead atoms. The molecule has 172 valence electrons. The summed E-state index contributed by atoms with van der Waals surface area (Å²) in [6.07, 6.45) is -3.22. The smallest absolute Gasteiger partial charge is 0.435 e. The number of hydrogen-bond donors (Lipinski definition) is 0. The van der Waals surface area contributed by atoms with E-state index in [4.69, 9.17) is 9.78 Å². The summed E-state index contributed by atoms with van der Waals surface area (Å²) >= 11 is 0. The maximum atomic E-state index is 12.3. The Labute approximate surface area is 181 Å². The molecule has 0 amide bonds. The van der Waals surface area contributed by atoms with Gasteiger partial charge in [0.25, 0.3) is 0 Å². The SMILES string of the molecule is FC(F)Oc1ccc(Cn2c(CN3CCCC3)nc3ccccc32)cc1.O=CC(F)(F)F. The number of carbonyl (C=O) groups is 1. The number of benzene rings is 2. The fourth-order valence-corrected chi connectivity index (χ4v) is 3.52. The molecule has 4 rings (SSSR count). The molecule has 0 saturated carbocycles. The first-order valence-corrected chi connectivity index (χ1v) is 9.98. The van der Waals surface area contributed by atoms with Gasteiger partial charge in [-0.15, -0.1) is 0 Å². The van der Waals surface area contributed by atoms with E-state index >= 15 is 0 Å². The van der Waals surface area contributed by atoms with Gasteiger partial charge in [-0.25, -0.2) is 4.98 Å². The van der Waals surface area contributed by atoms with Crippen LogP contribution in [-0.4, -0.2) is 46.6 Å². The van der Waals surface area contributed by atoms with Crippen molar-refractivity contribution in [2.45, 2.75) is 38.7 Å². The molecule has 1 aliphatic heterocycles. The number of ether oxygens (including phenoxy) is 1. The number of rotatable bonds is 6. The second kappa shape index (κ2) is 10.5. The normalized spacial score (nSPS) is 14.4. The first kappa shape index (κ1) is 23.6. The molecule has 32 heavy (non-hydrogen) atoms. The van der Waals surface area contributed by atoms with Crippen LogP contribution in [0, 0.1) is 0 Å². The van der Waals surface area contributed by atoms with Crippen LogP contribution in [0.5, 0.6) is 5.75 Å². The zero-order valence-electron chi connectivity index (χ0n) is 17.1. The van der Waals surface area contributed by atoms with Crippen molar-refractivity contribution in [1.29, 1.82) is 0 Å². The van der Waals surface area contributed by atoms with Crippen molar-refractivity contribution >= 4 is 17.3 Å². The van der Waals surface area contributed by atoms with Crippen LogP contribution in [0.1, 0.15) is 24.2 Å². The van der Waals surface area contributed by atoms with E-state index in [-0.39, 0.29) is 5.75 Å². The molecule has 1 aromatic heterocycles. The minimum atomic E-state index is -4.64. The summed E-state index contributed by atoms with van der Waals surface area (Å²) in [5.41, 5.74) is 3.10. The van der Waals surface area contributed by atoms with Crippen LogP contribution in [0.4, 0.5) is 22.0 Å². The standard InChI is InChI=1S/C20H21F2N3O.C2HF3O/c21-20(22)26-16-9-7-15(8-10-16)13-25-18-6-2-1-5-17(18)23-19(25)14-24-11-3-4-12-24;3-2(4,5)1-6/h1-2,5-10,20H,3-4,11-14H2;1H. The van der Waals surface area contributed by atoms with E-state index < -0.39 is 19.1 Å². The molecule has 0 unspecified atom stereocenters. The Kier molecular flexibility index (Phi) is 7.79. The molecule has 5 nitrogen and oxygen atoms in total. The number of halogens is 5. The molecule has 10 heteroatoms. The van der Waals surface area contributed by atoms with Crippen molar-refractivity contribution in [3.63, 3.8) is 0 Å². The van der Waals surface area contributed by atoms with E-state index in [1.807, 2.05) is 30.3 Å². The number of fused-ring (bicyclic) bond motifs is 1. The van der Waals surface area contributed by atoms with Gasteiger partial charge in [0.05, 0.1) is 17.6 Å². The Bertz CT molecular complexity index is 1010. The fraction of sp³-hybridized carbons (Fsp3) is 0.364. The highest BCUT2D eigenvalue weighted by Crippen LogP contribution is 2.22. The number of para-hydroxylation sites is 2. The summed E-state index contributed by atoms with van der Waals surface area (Å²) in [5.74, 6) is 1.22. The summed E-state index contributed by atoms with van der Waals surface area (Å²) in [5, 5.41) is 0. The van der Waals surface area contributed by atoms with Gasteiger partial charge in [-0.3, -0.25) is 9.69 Å². The average molecular weight is 455 g/mol. The van der Waals surface area contributed by atoms with Crippen LogP contribution in [0.15, 0.2) is 48.5 Å². The van der Waals surface area contributed by atoms with Gasteiger partial charge < -0.3 is 9.30 Å². The minimum absolute atomic E-state index is 0.177. The van der Waals surface area contributed by atoms with Gasteiger partial charge in [-0.1, -0.05) is 24.3 Å². The lowest BCUT2D eigenvalue weighted by molar-refractivity contribution is -0.156. The van der Waals surface area contributed by atoms with E-state index in [2.05, 4.69) is 20.3 Å². The van der Waals surface area contributed by atoms with Crippen molar-refractivity contribution in [3.05, 3.63) is 59.9 Å². The average Bonchev–Trinajstić information content (AvgIpc) is 3.38. The zero-order chi connectivity index (χ0) is 23.1. The Balaban J connectivity index is 0.000000427. The van der Waals surface area contributed by atoms with Crippen LogP contribution < -0.4 is 4.74 Å². The monoisotopic (exact) mass is 455 g/mol. The quantitative estimate of drug-likeness (QED) is 0.387. The molecule has 1 fully saturated rings. The minimum Gasteiger partial charge on any atom is -0.435 e. The molecule has 2 aromatic carbocycles. The third-order valence-corrected chi connectivity index (χ3v) is 4.92. The maximum absolute atomic E-state index is 12.3. The summed E-state index contributed by atoms with van der Waals surface area (Å²) in [6, 6.07) is 14.9. The number of aromatic nitrogens is 2. The number of hydrogen-bond acceptors (Lipinski definition) is 4. The Morgan fingerprint density at radius 1 is 1.00 bits per heavy atom. The van der Waals surface area contributed by atoms with Gasteiger partial charge in [0.15, 0.2) is 0 Å². The Hall–Kier alpha value is -3.01. The van der Waals surface area contributed by atoms with Crippen molar-refractivity contribution in [3.8, 4) is 5.75 Å². The van der Waals surface area contributed by atoms with E-state index in [0.29, 0.717) is 6.54 Å². The lowest BCUT2D eigenvalue weighted by Gasteiger charge is -2.16. The molecule has 2 heterocycles. The molecule has 0 radical (unpaired) electrons. The highest BCUT2D eigenvalue weighted by molar-refractivity contribution is 5.76.